The van der Waals surface area contributed by atoms with Crippen molar-refractivity contribution in [1.29, 1.82) is 0 Å². The van der Waals surface area contributed by atoms with E-state index >= 15 is 4.39 Å². The Bertz CT molecular complexity index is 2070. The van der Waals surface area contributed by atoms with Crippen molar-refractivity contribution in [2.45, 2.75) is 11.5 Å². The highest BCUT2D eigenvalue weighted by Crippen LogP contribution is 2.28. The van der Waals surface area contributed by atoms with E-state index in [4.69, 9.17) is 9.47 Å². The molecule has 1 amide bonds. The third-order valence-corrected chi connectivity index (χ3v) is 8.32. The summed E-state index contributed by atoms with van der Waals surface area (Å²) in [4.78, 5) is 23.8. The summed E-state index contributed by atoms with van der Waals surface area (Å²) in [6.45, 7) is -0.469. The Morgan fingerprint density at radius 1 is 0.830 bits per heavy atom. The molecule has 0 unspecified atom stereocenters. The van der Waals surface area contributed by atoms with Gasteiger partial charge in [-0.25, -0.2) is 22.0 Å². The molecule has 0 bridgehead atoms. The van der Waals surface area contributed by atoms with Crippen LogP contribution in [0.1, 0.15) is 26.3 Å². The summed E-state index contributed by atoms with van der Waals surface area (Å²) in [7, 11) is -3.18. The molecule has 5 rings (SSSR count). The Morgan fingerprint density at radius 2 is 1.49 bits per heavy atom. The number of nitrogens with one attached hydrogen (secondary N) is 2. The average molecular weight is 661 g/mol. The molecule has 240 valence electrons. The van der Waals surface area contributed by atoms with Crippen LogP contribution in [-0.2, 0) is 16.6 Å². The zero-order valence-corrected chi connectivity index (χ0v) is 25.3. The molecule has 0 spiro atoms. The highest BCUT2D eigenvalue weighted by Gasteiger charge is 2.22. The number of aromatic carboxylic acids is 1. The zero-order valence-electron chi connectivity index (χ0n) is 24.5. The maximum absolute atomic E-state index is 15.3. The normalized spacial score (nSPS) is 11.0. The van der Waals surface area contributed by atoms with E-state index in [-0.39, 0.29) is 28.5 Å². The molecule has 4 N–H and O–H groups in total. The molecule has 5 aromatic carbocycles. The van der Waals surface area contributed by atoms with Crippen molar-refractivity contribution >= 4 is 33.3 Å². The average Bonchev–Trinajstić information content (AvgIpc) is 3.05. The van der Waals surface area contributed by atoms with Gasteiger partial charge in [-0.15, -0.1) is 0 Å². The summed E-state index contributed by atoms with van der Waals surface area (Å²) < 4.78 is 68.5. The number of benzene rings is 5. The fraction of sp³-hybridized carbons (Fsp3) is 0.0588. The predicted molar refractivity (Wildman–Crippen MR) is 169 cm³/mol. The number of aromatic hydroxyl groups is 1. The SMILES string of the molecule is COc1ccc(S(=O)(=O)Nc2cccc(COc3ccc(NC(=O)c4ccc(-c5ccc(O)cc5)cc4)cc3F)c2F)cc1C(=O)O. The Balaban J connectivity index is 1.23. The molecule has 0 heterocycles. The molecule has 0 saturated carbocycles. The molecule has 5 aromatic rings. The van der Waals surface area contributed by atoms with Gasteiger partial charge in [-0.05, 0) is 71.8 Å². The minimum absolute atomic E-state index is 0.0538. The summed E-state index contributed by atoms with van der Waals surface area (Å²) >= 11 is 0. The number of anilines is 2. The van der Waals surface area contributed by atoms with Crippen molar-refractivity contribution in [3.63, 3.8) is 0 Å². The lowest BCUT2D eigenvalue weighted by Crippen LogP contribution is -2.16. The molecule has 0 aliphatic rings. The van der Waals surface area contributed by atoms with E-state index in [0.29, 0.717) is 5.56 Å². The number of phenolic OH excluding ortho intramolecular Hbond substituents is 1. The van der Waals surface area contributed by atoms with E-state index < -0.39 is 56.3 Å². The summed E-state index contributed by atoms with van der Waals surface area (Å²) in [6.07, 6.45) is 0. The van der Waals surface area contributed by atoms with Gasteiger partial charge >= 0.3 is 5.97 Å². The van der Waals surface area contributed by atoms with Crippen LogP contribution in [0.3, 0.4) is 0 Å². The highest BCUT2D eigenvalue weighted by molar-refractivity contribution is 7.92. The molecular weight excluding hydrogens is 634 g/mol. The molecule has 0 aliphatic heterocycles. The van der Waals surface area contributed by atoms with Crippen LogP contribution in [0.2, 0.25) is 0 Å². The number of amides is 1. The van der Waals surface area contributed by atoms with Gasteiger partial charge in [-0.2, -0.15) is 0 Å². The van der Waals surface area contributed by atoms with Crippen molar-refractivity contribution in [2.24, 2.45) is 0 Å². The first-order valence-electron chi connectivity index (χ1n) is 13.8. The maximum Gasteiger partial charge on any atom is 0.339 e. The molecule has 10 nitrogen and oxygen atoms in total. The molecule has 47 heavy (non-hydrogen) atoms. The van der Waals surface area contributed by atoms with Gasteiger partial charge < -0.3 is 25.0 Å². The molecule has 0 fully saturated rings. The van der Waals surface area contributed by atoms with E-state index in [1.54, 1.807) is 48.5 Å². The number of sulfonamides is 1. The number of hydrogen-bond acceptors (Lipinski definition) is 7. The van der Waals surface area contributed by atoms with Crippen LogP contribution in [0.25, 0.3) is 11.1 Å². The fourth-order valence-electron chi connectivity index (χ4n) is 4.52. The molecular formula is C34H26F2N2O8S. The summed E-state index contributed by atoms with van der Waals surface area (Å²) in [5, 5.41) is 21.4. The summed E-state index contributed by atoms with van der Waals surface area (Å²) in [6, 6.07) is 24.0. The number of carboxylic acid groups (broad SMARTS) is 1. The third kappa shape index (κ3) is 7.48. The Hall–Kier alpha value is -5.95. The number of carbonyl (C=O) groups excluding carboxylic acids is 1. The summed E-state index contributed by atoms with van der Waals surface area (Å²) in [5.41, 5.74) is 1.23. The van der Waals surface area contributed by atoms with E-state index in [0.717, 1.165) is 35.4 Å². The van der Waals surface area contributed by atoms with Crippen LogP contribution in [0.5, 0.6) is 17.2 Å². The second-order valence-corrected chi connectivity index (χ2v) is 11.7. The van der Waals surface area contributed by atoms with Gasteiger partial charge in [0.15, 0.2) is 17.4 Å². The van der Waals surface area contributed by atoms with Crippen molar-refractivity contribution in [3.05, 3.63) is 131 Å². The molecule has 0 aromatic heterocycles. The van der Waals surface area contributed by atoms with E-state index in [9.17, 15) is 32.6 Å². The largest absolute Gasteiger partial charge is 0.508 e. The van der Waals surface area contributed by atoms with Gasteiger partial charge in [0.25, 0.3) is 15.9 Å². The van der Waals surface area contributed by atoms with Gasteiger partial charge in [-0.3, -0.25) is 9.52 Å². The summed E-state index contributed by atoms with van der Waals surface area (Å²) in [5.74, 6) is -3.87. The first-order valence-corrected chi connectivity index (χ1v) is 15.3. The lowest BCUT2D eigenvalue weighted by molar-refractivity contribution is 0.0692. The fourth-order valence-corrected chi connectivity index (χ4v) is 5.60. The minimum atomic E-state index is -4.41. The maximum atomic E-state index is 15.3. The first kappa shape index (κ1) is 32.4. The topological polar surface area (TPSA) is 151 Å². The van der Waals surface area contributed by atoms with Crippen LogP contribution in [0, 0.1) is 11.6 Å². The monoisotopic (exact) mass is 660 g/mol. The van der Waals surface area contributed by atoms with Crippen molar-refractivity contribution in [2.75, 3.05) is 17.1 Å². The first-order chi connectivity index (χ1) is 22.4. The van der Waals surface area contributed by atoms with Crippen LogP contribution in [0.4, 0.5) is 20.2 Å². The number of hydrogen-bond donors (Lipinski definition) is 4. The second kappa shape index (κ2) is 13.6. The van der Waals surface area contributed by atoms with Gasteiger partial charge in [0.05, 0.1) is 17.7 Å². The van der Waals surface area contributed by atoms with Gasteiger partial charge in [0.2, 0.25) is 0 Å². The van der Waals surface area contributed by atoms with Crippen LogP contribution >= 0.6 is 0 Å². The smallest absolute Gasteiger partial charge is 0.339 e. The number of carbonyl (C=O) groups is 2. The number of methoxy groups -OCH3 is 1. The van der Waals surface area contributed by atoms with E-state index in [1.807, 2.05) is 0 Å². The standard InChI is InChI=1S/C34H26F2N2O8S/c1-45-30-16-14-26(18-27(30)34(41)42)47(43,44)38-29-4-2-3-23(32(29)36)19-46-31-15-11-24(17-28(31)35)37-33(40)22-7-5-20(6-8-22)21-9-12-25(39)13-10-21/h2-18,38-39H,19H2,1H3,(H,37,40)(H,41,42). The molecule has 0 atom stereocenters. The van der Waals surface area contributed by atoms with Crippen molar-refractivity contribution in [1.82, 2.24) is 0 Å². The lowest BCUT2D eigenvalue weighted by atomic mass is 10.0. The number of ether oxygens (including phenoxy) is 2. The van der Waals surface area contributed by atoms with Gasteiger partial charge in [0, 0.05) is 22.9 Å². The zero-order chi connectivity index (χ0) is 33.7. The Morgan fingerprint density at radius 3 is 2.13 bits per heavy atom. The molecule has 13 heteroatoms. The second-order valence-electron chi connectivity index (χ2n) is 10.1. The van der Waals surface area contributed by atoms with Crippen LogP contribution in [-0.4, -0.2) is 37.6 Å². The Kier molecular flexibility index (Phi) is 9.38. The highest BCUT2D eigenvalue weighted by atomic mass is 32.2. The number of rotatable bonds is 11. The lowest BCUT2D eigenvalue weighted by Gasteiger charge is -2.14. The quantitative estimate of drug-likeness (QED) is 0.123. The van der Waals surface area contributed by atoms with Gasteiger partial charge in [-0.1, -0.05) is 36.4 Å². The van der Waals surface area contributed by atoms with Crippen molar-refractivity contribution < 1.29 is 46.5 Å². The molecule has 0 aliphatic carbocycles. The predicted octanol–water partition coefficient (Wildman–Crippen LogP) is 6.68. The van der Waals surface area contributed by atoms with E-state index in [1.165, 1.54) is 37.4 Å². The third-order valence-electron chi connectivity index (χ3n) is 6.96. The minimum Gasteiger partial charge on any atom is -0.508 e. The molecule has 0 saturated heterocycles. The van der Waals surface area contributed by atoms with Crippen LogP contribution in [0.15, 0.2) is 108 Å². The van der Waals surface area contributed by atoms with Gasteiger partial charge in [0.1, 0.15) is 23.7 Å². The number of phenols is 1. The number of halogens is 2. The Labute approximate surface area is 267 Å². The molecule has 0 radical (unpaired) electrons. The van der Waals surface area contributed by atoms with E-state index in [2.05, 4.69) is 10.0 Å². The van der Waals surface area contributed by atoms with Crippen molar-refractivity contribution in [3.8, 4) is 28.4 Å². The van der Waals surface area contributed by atoms with Crippen LogP contribution < -0.4 is 19.5 Å². The number of carboxylic acids is 1.